The van der Waals surface area contributed by atoms with Crippen molar-refractivity contribution in [2.75, 3.05) is 0 Å². The van der Waals surface area contributed by atoms with Crippen LogP contribution in [0.15, 0.2) is 79.3 Å². The molecule has 2 nitrogen and oxygen atoms in total. The monoisotopic (exact) mass is 608 g/mol. The first-order chi connectivity index (χ1) is 22.1. The van der Waals surface area contributed by atoms with Crippen LogP contribution in [0.25, 0.3) is 38.3 Å². The number of pyridine rings is 3. The van der Waals surface area contributed by atoms with Crippen molar-refractivity contribution in [1.29, 1.82) is 0 Å². The summed E-state index contributed by atoms with van der Waals surface area (Å²) in [4.78, 5) is 0. The molecular weight excluding hydrogens is 563 g/mol. The van der Waals surface area contributed by atoms with Crippen LogP contribution in [0.1, 0.15) is 105 Å². The van der Waals surface area contributed by atoms with E-state index >= 15 is 4.39 Å². The summed E-state index contributed by atoms with van der Waals surface area (Å²) in [5.41, 5.74) is 11.4. The highest BCUT2D eigenvalue weighted by Gasteiger charge is 2.57. The largest absolute Gasteiger partial charge is 0.221 e. The lowest BCUT2D eigenvalue weighted by Crippen LogP contribution is -2.63. The van der Waals surface area contributed by atoms with Crippen LogP contribution >= 0.6 is 0 Å². The summed E-state index contributed by atoms with van der Waals surface area (Å²) in [6.07, 6.45) is 12.2. The van der Waals surface area contributed by atoms with Crippen molar-refractivity contribution >= 4 is 27.1 Å². The molecule has 0 N–H and O–H groups in total. The van der Waals surface area contributed by atoms with E-state index in [1.807, 2.05) is 0 Å². The van der Waals surface area contributed by atoms with Gasteiger partial charge in [-0.3, -0.25) is 0 Å². The zero-order chi connectivity index (χ0) is 32.1. The summed E-state index contributed by atoms with van der Waals surface area (Å²) in [6, 6.07) is 22.5. The Morgan fingerprint density at radius 3 is 2.35 bits per heavy atom. The number of fused-ring (bicyclic) bond motifs is 3. The zero-order valence-electron chi connectivity index (χ0n) is 28.4. The van der Waals surface area contributed by atoms with Gasteiger partial charge in [0.2, 0.25) is 11.2 Å². The summed E-state index contributed by atoms with van der Waals surface area (Å²) in [5.74, 6) is -0.0589. The molecule has 1 unspecified atom stereocenters. The third-order valence-corrected chi connectivity index (χ3v) is 11.7. The minimum Gasteiger partial charge on any atom is -0.207 e. The van der Waals surface area contributed by atoms with Crippen molar-refractivity contribution in [3.8, 4) is 11.3 Å². The zero-order valence-corrected chi connectivity index (χ0v) is 28.4. The number of hydrogen-bond acceptors (Lipinski definition) is 0. The lowest BCUT2D eigenvalue weighted by molar-refractivity contribution is -0.760. The number of hydrogen-bond donors (Lipinski definition) is 0. The Labute approximate surface area is 272 Å². The normalized spacial score (nSPS) is 17.3. The highest BCUT2D eigenvalue weighted by atomic mass is 19.1. The van der Waals surface area contributed by atoms with Gasteiger partial charge in [0.15, 0.2) is 24.1 Å². The predicted molar refractivity (Wildman–Crippen MR) is 187 cm³/mol. The molecule has 0 radical (unpaired) electrons. The molecule has 3 heteroatoms. The first kappa shape index (κ1) is 29.3. The minimum absolute atomic E-state index is 0.0383. The number of halogens is 1. The lowest BCUT2D eigenvalue weighted by atomic mass is 9.61. The van der Waals surface area contributed by atoms with Crippen molar-refractivity contribution in [2.24, 2.45) is 0 Å². The van der Waals surface area contributed by atoms with Gasteiger partial charge < -0.3 is 0 Å². The van der Waals surface area contributed by atoms with E-state index in [1.54, 1.807) is 6.07 Å². The Bertz CT molecular complexity index is 2240. The third-order valence-electron chi connectivity index (χ3n) is 11.7. The molecule has 1 atom stereocenters. The SMILES string of the molecule is CCCCc1cc2c3c4[n+](ccc3c1)C(CC)(CC)C(c1c[n+]3ccc(C)cc3c3cc(C)ccc13)c1ccc(F)c(c1-4)C2(C)C. The van der Waals surface area contributed by atoms with Crippen molar-refractivity contribution in [3.63, 3.8) is 0 Å². The number of rotatable bonds is 6. The molecule has 3 aromatic carbocycles. The third kappa shape index (κ3) is 3.81. The Morgan fingerprint density at radius 2 is 1.59 bits per heavy atom. The number of aryl methyl sites for hydroxylation is 3. The number of aromatic nitrogens is 2. The quantitative estimate of drug-likeness (QED) is 0.131. The van der Waals surface area contributed by atoms with Crippen LogP contribution in [-0.4, -0.2) is 0 Å². The Kier molecular flexibility index (Phi) is 6.49. The van der Waals surface area contributed by atoms with Crippen molar-refractivity contribution in [1.82, 2.24) is 0 Å². The molecule has 0 saturated heterocycles. The Balaban J connectivity index is 1.54. The van der Waals surface area contributed by atoms with Crippen LogP contribution in [0.5, 0.6) is 0 Å². The average Bonchev–Trinajstić information content (AvgIpc) is 3.05. The number of benzene rings is 3. The molecule has 0 bridgehead atoms. The van der Waals surface area contributed by atoms with Gasteiger partial charge in [0.1, 0.15) is 5.82 Å². The second-order valence-electron chi connectivity index (χ2n) is 14.6. The molecule has 8 rings (SSSR count). The molecule has 0 fully saturated rings. The molecule has 0 spiro atoms. The van der Waals surface area contributed by atoms with Gasteiger partial charge in [0.05, 0.1) is 22.3 Å². The van der Waals surface area contributed by atoms with Gasteiger partial charge in [-0.1, -0.05) is 76.9 Å². The van der Waals surface area contributed by atoms with Crippen LogP contribution in [0.3, 0.4) is 0 Å². The fourth-order valence-corrected chi connectivity index (χ4v) is 9.34. The van der Waals surface area contributed by atoms with Crippen LogP contribution in [-0.2, 0) is 17.4 Å². The summed E-state index contributed by atoms with van der Waals surface area (Å²) in [5, 5.41) is 5.14. The molecule has 0 amide bonds. The van der Waals surface area contributed by atoms with Gasteiger partial charge >= 0.3 is 0 Å². The van der Waals surface area contributed by atoms with Crippen molar-refractivity contribution in [2.45, 2.75) is 97.4 Å². The average molecular weight is 609 g/mol. The second-order valence-corrected chi connectivity index (χ2v) is 14.6. The molecule has 232 valence electrons. The molecular formula is C43H45FN2+2. The lowest BCUT2D eigenvalue weighted by Gasteiger charge is -2.44. The maximum Gasteiger partial charge on any atom is 0.221 e. The van der Waals surface area contributed by atoms with Gasteiger partial charge in [0, 0.05) is 47.6 Å². The molecule has 4 heterocycles. The smallest absolute Gasteiger partial charge is 0.207 e. The summed E-state index contributed by atoms with van der Waals surface area (Å²) < 4.78 is 21.4. The maximum atomic E-state index is 16.5. The van der Waals surface area contributed by atoms with Crippen LogP contribution in [0.2, 0.25) is 0 Å². The maximum absolute atomic E-state index is 16.5. The fourth-order valence-electron chi connectivity index (χ4n) is 9.34. The van der Waals surface area contributed by atoms with Gasteiger partial charge in [-0.2, -0.15) is 8.97 Å². The first-order valence-electron chi connectivity index (χ1n) is 17.3. The summed E-state index contributed by atoms with van der Waals surface area (Å²) in [7, 11) is 0. The van der Waals surface area contributed by atoms with E-state index in [1.165, 1.54) is 66.1 Å². The predicted octanol–water partition coefficient (Wildman–Crippen LogP) is 10.1. The molecule has 0 saturated carbocycles. The Hall–Kier alpha value is -4.11. The van der Waals surface area contributed by atoms with Crippen LogP contribution in [0.4, 0.5) is 4.39 Å². The number of unbranched alkanes of at least 4 members (excludes halogenated alkanes) is 1. The van der Waals surface area contributed by atoms with Crippen molar-refractivity contribution in [3.05, 3.63) is 124 Å². The first-order valence-corrected chi connectivity index (χ1v) is 17.3. The molecule has 6 aromatic rings. The van der Waals surface area contributed by atoms with Gasteiger partial charge in [-0.05, 0) is 71.8 Å². The summed E-state index contributed by atoms with van der Waals surface area (Å²) in [6.45, 7) is 15.8. The number of nitrogens with zero attached hydrogens (tertiary/aromatic N) is 2. The topological polar surface area (TPSA) is 7.98 Å². The van der Waals surface area contributed by atoms with Gasteiger partial charge in [0.25, 0.3) is 0 Å². The Morgan fingerprint density at radius 1 is 0.804 bits per heavy atom. The van der Waals surface area contributed by atoms with Crippen molar-refractivity contribution < 1.29 is 13.4 Å². The van der Waals surface area contributed by atoms with Crippen LogP contribution < -0.4 is 8.97 Å². The fraction of sp³-hybridized carbons (Fsp3) is 0.349. The molecule has 3 aromatic heterocycles. The highest BCUT2D eigenvalue weighted by molar-refractivity contribution is 6.02. The van der Waals surface area contributed by atoms with E-state index in [0.717, 1.165) is 43.2 Å². The highest BCUT2D eigenvalue weighted by Crippen LogP contribution is 2.57. The molecule has 1 aliphatic carbocycles. The molecule has 1 aliphatic heterocycles. The minimum atomic E-state index is -0.472. The van der Waals surface area contributed by atoms with E-state index in [9.17, 15) is 0 Å². The molecule has 2 aliphatic rings. The molecule has 46 heavy (non-hydrogen) atoms. The standard InChI is InChI=1S/C43H45FN2/c1-8-11-12-28-23-29-18-20-46-41-37(29)34(24-28)42(6,7)40-35(44)16-15-31(38(40)41)39(43(46,9-2)10-3)33-25-45-19-17-27(5)22-36(45)32-21-26(4)13-14-30(32)33/h13-25,39H,8-12H2,1-7H3/q+2. The van der Waals surface area contributed by atoms with Gasteiger partial charge in [-0.25, -0.2) is 4.39 Å². The van der Waals surface area contributed by atoms with E-state index in [4.69, 9.17) is 0 Å². The van der Waals surface area contributed by atoms with E-state index in [0.29, 0.717) is 0 Å². The van der Waals surface area contributed by atoms with E-state index in [-0.39, 0.29) is 17.3 Å². The van der Waals surface area contributed by atoms with E-state index in [2.05, 4.69) is 131 Å². The van der Waals surface area contributed by atoms with E-state index < -0.39 is 5.41 Å². The summed E-state index contributed by atoms with van der Waals surface area (Å²) >= 11 is 0. The van der Waals surface area contributed by atoms with Gasteiger partial charge in [-0.15, -0.1) is 0 Å². The second kappa shape index (κ2) is 10.2. The van der Waals surface area contributed by atoms with Crippen LogP contribution in [0, 0.1) is 19.7 Å².